The zero-order valence-electron chi connectivity index (χ0n) is 13.6. The van der Waals surface area contributed by atoms with E-state index in [9.17, 15) is 4.79 Å². The SMILES string of the molecule is O=C(NCc1cnc2c(c1)CCO2)c1c(Cl)ccnc1OCC1CC1. The third kappa shape index (κ3) is 3.69. The van der Waals surface area contributed by atoms with E-state index in [4.69, 9.17) is 21.1 Å². The number of aromatic nitrogens is 2. The van der Waals surface area contributed by atoms with Crippen molar-refractivity contribution >= 4 is 17.5 Å². The van der Waals surface area contributed by atoms with Gasteiger partial charge in [-0.25, -0.2) is 9.97 Å². The first-order valence-corrected chi connectivity index (χ1v) is 8.74. The van der Waals surface area contributed by atoms with E-state index in [2.05, 4.69) is 15.3 Å². The van der Waals surface area contributed by atoms with Crippen LogP contribution in [0.5, 0.6) is 11.8 Å². The number of carbonyl (C=O) groups excluding carboxylic acids is 1. The lowest BCUT2D eigenvalue weighted by Crippen LogP contribution is -2.24. The number of carbonyl (C=O) groups is 1. The molecule has 1 saturated carbocycles. The van der Waals surface area contributed by atoms with Gasteiger partial charge in [-0.15, -0.1) is 0 Å². The van der Waals surface area contributed by atoms with Crippen LogP contribution in [-0.4, -0.2) is 29.1 Å². The summed E-state index contributed by atoms with van der Waals surface area (Å²) in [7, 11) is 0. The second-order valence-corrected chi connectivity index (χ2v) is 6.72. The van der Waals surface area contributed by atoms with Crippen LogP contribution >= 0.6 is 11.6 Å². The molecule has 0 atom stereocenters. The quantitative estimate of drug-likeness (QED) is 0.858. The van der Waals surface area contributed by atoms with Crippen molar-refractivity contribution in [3.05, 3.63) is 46.2 Å². The van der Waals surface area contributed by atoms with E-state index in [1.54, 1.807) is 18.5 Å². The molecule has 6 nitrogen and oxygen atoms in total. The third-order valence-corrected chi connectivity index (χ3v) is 4.61. The van der Waals surface area contributed by atoms with Gasteiger partial charge < -0.3 is 14.8 Å². The van der Waals surface area contributed by atoms with Gasteiger partial charge in [-0.1, -0.05) is 11.6 Å². The molecule has 130 valence electrons. The Kier molecular flexibility index (Phi) is 4.44. The summed E-state index contributed by atoms with van der Waals surface area (Å²) in [5.41, 5.74) is 2.26. The average molecular weight is 360 g/mol. The zero-order chi connectivity index (χ0) is 17.2. The smallest absolute Gasteiger partial charge is 0.258 e. The van der Waals surface area contributed by atoms with Gasteiger partial charge in [0.1, 0.15) is 5.56 Å². The minimum Gasteiger partial charge on any atom is -0.477 e. The van der Waals surface area contributed by atoms with Crippen LogP contribution in [0, 0.1) is 5.92 Å². The second-order valence-electron chi connectivity index (χ2n) is 6.32. The molecule has 0 radical (unpaired) electrons. The van der Waals surface area contributed by atoms with Crippen molar-refractivity contribution in [3.8, 4) is 11.8 Å². The van der Waals surface area contributed by atoms with E-state index in [0.717, 1.165) is 30.4 Å². The fourth-order valence-electron chi connectivity index (χ4n) is 2.70. The third-order valence-electron chi connectivity index (χ3n) is 4.29. The van der Waals surface area contributed by atoms with E-state index in [1.807, 2.05) is 6.07 Å². The highest BCUT2D eigenvalue weighted by molar-refractivity contribution is 6.34. The number of rotatable bonds is 6. The van der Waals surface area contributed by atoms with Crippen molar-refractivity contribution in [2.75, 3.05) is 13.2 Å². The first-order chi connectivity index (χ1) is 12.2. The summed E-state index contributed by atoms with van der Waals surface area (Å²) >= 11 is 6.20. The Morgan fingerprint density at radius 2 is 2.28 bits per heavy atom. The predicted molar refractivity (Wildman–Crippen MR) is 92.1 cm³/mol. The molecule has 7 heteroatoms. The lowest BCUT2D eigenvalue weighted by atomic mass is 10.1. The predicted octanol–water partition coefficient (Wildman–Crippen LogP) is 2.78. The summed E-state index contributed by atoms with van der Waals surface area (Å²) < 4.78 is 11.1. The van der Waals surface area contributed by atoms with Gasteiger partial charge in [0.15, 0.2) is 0 Å². The Morgan fingerprint density at radius 3 is 3.12 bits per heavy atom. The maximum atomic E-state index is 12.6. The molecule has 1 amide bonds. The number of pyridine rings is 2. The Labute approximate surface area is 150 Å². The summed E-state index contributed by atoms with van der Waals surface area (Å²) in [6.07, 6.45) is 6.43. The maximum absolute atomic E-state index is 12.6. The van der Waals surface area contributed by atoms with Gasteiger partial charge in [-0.2, -0.15) is 0 Å². The molecule has 1 N–H and O–H groups in total. The molecule has 2 aromatic rings. The minimum absolute atomic E-state index is 0.280. The van der Waals surface area contributed by atoms with Crippen molar-refractivity contribution in [2.45, 2.75) is 25.8 Å². The molecule has 0 unspecified atom stereocenters. The number of halogens is 1. The topological polar surface area (TPSA) is 73.3 Å². The van der Waals surface area contributed by atoms with Crippen LogP contribution in [-0.2, 0) is 13.0 Å². The molecule has 0 spiro atoms. The Morgan fingerprint density at radius 1 is 1.40 bits per heavy atom. The number of ether oxygens (including phenoxy) is 2. The lowest BCUT2D eigenvalue weighted by Gasteiger charge is -2.12. The van der Waals surface area contributed by atoms with Crippen LogP contribution in [0.25, 0.3) is 0 Å². The normalized spacial score (nSPS) is 15.4. The molecule has 3 heterocycles. The van der Waals surface area contributed by atoms with Gasteiger partial charge in [0.05, 0.1) is 18.2 Å². The minimum atomic E-state index is -0.305. The van der Waals surface area contributed by atoms with E-state index < -0.39 is 0 Å². The highest BCUT2D eigenvalue weighted by atomic mass is 35.5. The van der Waals surface area contributed by atoms with Gasteiger partial charge >= 0.3 is 0 Å². The largest absolute Gasteiger partial charge is 0.477 e. The van der Waals surface area contributed by atoms with E-state index in [-0.39, 0.29) is 17.4 Å². The average Bonchev–Trinajstić information content (AvgIpc) is 3.33. The molecule has 2 aromatic heterocycles. The van der Waals surface area contributed by atoms with E-state index >= 15 is 0 Å². The molecular weight excluding hydrogens is 342 g/mol. The van der Waals surface area contributed by atoms with Crippen molar-refractivity contribution in [3.63, 3.8) is 0 Å². The summed E-state index contributed by atoms with van der Waals surface area (Å²) in [5, 5.41) is 3.20. The molecule has 0 bridgehead atoms. The Balaban J connectivity index is 1.45. The maximum Gasteiger partial charge on any atom is 0.258 e. The standard InChI is InChI=1S/C18H18ClN3O3/c19-14-3-5-20-18(25-10-11-1-2-11)15(14)16(23)21-8-12-7-13-4-6-24-17(13)22-9-12/h3,5,7,9,11H,1-2,4,6,8,10H2,(H,21,23). The van der Waals surface area contributed by atoms with Crippen LogP contribution in [0.4, 0.5) is 0 Å². The number of hydrogen-bond donors (Lipinski definition) is 1. The van der Waals surface area contributed by atoms with Crippen LogP contribution < -0.4 is 14.8 Å². The van der Waals surface area contributed by atoms with Crippen LogP contribution in [0.3, 0.4) is 0 Å². The molecule has 25 heavy (non-hydrogen) atoms. The summed E-state index contributed by atoms with van der Waals surface area (Å²) in [6.45, 7) is 1.58. The summed E-state index contributed by atoms with van der Waals surface area (Å²) in [6, 6.07) is 3.60. The van der Waals surface area contributed by atoms with Crippen molar-refractivity contribution in [1.29, 1.82) is 0 Å². The number of nitrogens with one attached hydrogen (secondary N) is 1. The first kappa shape index (κ1) is 16.1. The second kappa shape index (κ2) is 6.88. The van der Waals surface area contributed by atoms with Crippen LogP contribution in [0.1, 0.15) is 34.3 Å². The van der Waals surface area contributed by atoms with E-state index in [0.29, 0.717) is 36.6 Å². The van der Waals surface area contributed by atoms with Gasteiger partial charge in [-0.3, -0.25) is 4.79 Å². The highest BCUT2D eigenvalue weighted by Gasteiger charge is 2.24. The van der Waals surface area contributed by atoms with Gasteiger partial charge in [0.25, 0.3) is 5.91 Å². The number of amides is 1. The molecular formula is C18H18ClN3O3. The molecule has 1 aliphatic heterocycles. The number of hydrogen-bond acceptors (Lipinski definition) is 5. The highest BCUT2D eigenvalue weighted by Crippen LogP contribution is 2.31. The van der Waals surface area contributed by atoms with Crippen molar-refractivity contribution < 1.29 is 14.3 Å². The van der Waals surface area contributed by atoms with Crippen LogP contribution in [0.2, 0.25) is 5.02 Å². The lowest BCUT2D eigenvalue weighted by molar-refractivity contribution is 0.0945. The molecule has 0 saturated heterocycles. The van der Waals surface area contributed by atoms with Crippen molar-refractivity contribution in [1.82, 2.24) is 15.3 Å². The zero-order valence-corrected chi connectivity index (χ0v) is 14.4. The monoisotopic (exact) mass is 359 g/mol. The molecule has 0 aromatic carbocycles. The van der Waals surface area contributed by atoms with Gasteiger partial charge in [-0.05, 0) is 36.5 Å². The van der Waals surface area contributed by atoms with Gasteiger partial charge in [0.2, 0.25) is 11.8 Å². The summed E-state index contributed by atoms with van der Waals surface area (Å²) in [4.78, 5) is 21.0. The number of nitrogens with zero attached hydrogens (tertiary/aromatic N) is 2. The Bertz CT molecular complexity index is 808. The van der Waals surface area contributed by atoms with E-state index in [1.165, 1.54) is 0 Å². The molecule has 4 rings (SSSR count). The van der Waals surface area contributed by atoms with Crippen molar-refractivity contribution in [2.24, 2.45) is 5.92 Å². The number of fused-ring (bicyclic) bond motifs is 1. The molecule has 1 aliphatic carbocycles. The van der Waals surface area contributed by atoms with Crippen LogP contribution in [0.15, 0.2) is 24.5 Å². The first-order valence-electron chi connectivity index (χ1n) is 8.37. The summed E-state index contributed by atoms with van der Waals surface area (Å²) in [5.74, 6) is 1.23. The molecule has 1 fully saturated rings. The van der Waals surface area contributed by atoms with Gasteiger partial charge in [0, 0.05) is 30.9 Å². The Hall–Kier alpha value is -2.34. The fraction of sp³-hybridized carbons (Fsp3) is 0.389. The molecule has 2 aliphatic rings. The fourth-order valence-corrected chi connectivity index (χ4v) is 2.92.